The zero-order chi connectivity index (χ0) is 23.3. The fourth-order valence-electron chi connectivity index (χ4n) is 4.63. The molecule has 10 heteroatoms. The van der Waals surface area contributed by atoms with Crippen molar-refractivity contribution in [1.29, 1.82) is 0 Å². The van der Waals surface area contributed by atoms with Crippen LogP contribution in [0.15, 0.2) is 33.3 Å². The summed E-state index contributed by atoms with van der Waals surface area (Å²) < 4.78 is 21.5. The van der Waals surface area contributed by atoms with Crippen molar-refractivity contribution in [2.24, 2.45) is 0 Å². The van der Waals surface area contributed by atoms with Gasteiger partial charge < -0.3 is 25.2 Å². The number of hydrogen-bond donors (Lipinski definition) is 3. The van der Waals surface area contributed by atoms with Gasteiger partial charge >= 0.3 is 0 Å². The largest absolute Gasteiger partial charge is 0.385 e. The van der Waals surface area contributed by atoms with E-state index in [0.29, 0.717) is 21.8 Å². The number of carbonyl (C=O) groups is 1. The normalized spacial score (nSPS) is 20.0. The van der Waals surface area contributed by atoms with Crippen LogP contribution < -0.4 is 10.6 Å². The number of β-amino-alcohol motifs (C(OH)–C–C–N with tert-alkyl or cyclic N) is 1. The molecule has 2 fully saturated rings. The van der Waals surface area contributed by atoms with Crippen molar-refractivity contribution in [1.82, 2.24) is 15.4 Å². The molecule has 0 spiro atoms. The van der Waals surface area contributed by atoms with E-state index in [1.165, 1.54) is 4.90 Å². The third-order valence-electron chi connectivity index (χ3n) is 6.48. The second kappa shape index (κ2) is 8.54. The molecular weight excluding hydrogens is 515 g/mol. The van der Waals surface area contributed by atoms with Gasteiger partial charge in [0.2, 0.25) is 5.58 Å². The van der Waals surface area contributed by atoms with Gasteiger partial charge in [-0.1, -0.05) is 39.1 Å². The molecule has 0 saturated carbocycles. The first-order valence-electron chi connectivity index (χ1n) is 10.8. The molecular formula is C23H23BrClFN4O3. The highest BCUT2D eigenvalue weighted by atomic mass is 79.9. The zero-order valence-electron chi connectivity index (χ0n) is 17.9. The van der Waals surface area contributed by atoms with Crippen LogP contribution in [0.5, 0.6) is 0 Å². The molecule has 1 amide bonds. The quantitative estimate of drug-likeness (QED) is 0.444. The lowest BCUT2D eigenvalue weighted by molar-refractivity contribution is -0.108. The number of rotatable bonds is 4. The first-order chi connectivity index (χ1) is 15.8. The zero-order valence-corrected chi connectivity index (χ0v) is 20.3. The highest BCUT2D eigenvalue weighted by molar-refractivity contribution is 9.10. The maximum absolute atomic E-state index is 15.5. The van der Waals surface area contributed by atoms with Crippen molar-refractivity contribution in [3.05, 3.63) is 50.8 Å². The van der Waals surface area contributed by atoms with E-state index in [1.54, 1.807) is 31.2 Å². The number of piperidine rings is 1. The van der Waals surface area contributed by atoms with Gasteiger partial charge in [-0.25, -0.2) is 4.39 Å². The Labute approximate surface area is 203 Å². The van der Waals surface area contributed by atoms with Crippen LogP contribution in [0.1, 0.15) is 35.3 Å². The monoisotopic (exact) mass is 536 g/mol. The SMILES string of the molecule is Cc1noc2c(F)c(Nc3ccc(Br)cc3Cl)c(C(=O)N3CC(O)([C@@H]4CCCCN4)C3)cc12. The Morgan fingerprint density at radius 2 is 2.18 bits per heavy atom. The Hall–Kier alpha value is -2.20. The molecule has 0 unspecified atom stereocenters. The van der Waals surface area contributed by atoms with E-state index < -0.39 is 11.4 Å². The van der Waals surface area contributed by atoms with Gasteiger partial charge in [-0.15, -0.1) is 0 Å². The smallest absolute Gasteiger partial charge is 0.256 e. The molecule has 5 rings (SSSR count). The Balaban J connectivity index is 1.49. The minimum atomic E-state index is -0.978. The van der Waals surface area contributed by atoms with Crippen LogP contribution >= 0.6 is 27.5 Å². The lowest BCUT2D eigenvalue weighted by atomic mass is 9.81. The Kier molecular flexibility index (Phi) is 5.84. The molecule has 0 aliphatic carbocycles. The van der Waals surface area contributed by atoms with Crippen LogP contribution in [0.2, 0.25) is 5.02 Å². The lowest BCUT2D eigenvalue weighted by Gasteiger charge is -2.51. The minimum Gasteiger partial charge on any atom is -0.385 e. The molecule has 1 atom stereocenters. The summed E-state index contributed by atoms with van der Waals surface area (Å²) in [6.07, 6.45) is 3.00. The van der Waals surface area contributed by atoms with Crippen LogP contribution in [0.4, 0.5) is 15.8 Å². The summed E-state index contributed by atoms with van der Waals surface area (Å²) in [5, 5.41) is 22.0. The number of hydrogen-bond acceptors (Lipinski definition) is 6. The number of carbonyl (C=O) groups excluding carboxylic acids is 1. The van der Waals surface area contributed by atoms with E-state index in [4.69, 9.17) is 16.1 Å². The molecule has 7 nitrogen and oxygen atoms in total. The standard InChI is InChI=1S/C23H23BrClFN4O3/c1-12-14-9-15(22(31)30-10-23(32,11-30)18-4-2-3-7-27-18)20(19(26)21(14)33-29-12)28-17-6-5-13(24)8-16(17)25/h5-6,8-9,18,27-28,32H,2-4,7,10-11H2,1H3/t18-/m0/s1. The predicted octanol–water partition coefficient (Wildman–Crippen LogP) is 4.76. The maximum atomic E-state index is 15.5. The maximum Gasteiger partial charge on any atom is 0.256 e. The van der Waals surface area contributed by atoms with Gasteiger partial charge in [0.05, 0.1) is 40.7 Å². The predicted molar refractivity (Wildman–Crippen MR) is 128 cm³/mol. The van der Waals surface area contributed by atoms with Crippen LogP contribution in [-0.4, -0.2) is 52.3 Å². The van der Waals surface area contributed by atoms with Gasteiger partial charge in [0.15, 0.2) is 5.82 Å². The van der Waals surface area contributed by atoms with Crippen LogP contribution in [-0.2, 0) is 0 Å². The Morgan fingerprint density at radius 1 is 1.39 bits per heavy atom. The fourth-order valence-corrected chi connectivity index (χ4v) is 5.35. The number of nitrogens with zero attached hydrogens (tertiary/aromatic N) is 2. The van der Waals surface area contributed by atoms with E-state index in [1.807, 2.05) is 0 Å². The first kappa shape index (κ1) is 22.6. The number of anilines is 2. The summed E-state index contributed by atoms with van der Waals surface area (Å²) in [4.78, 5) is 15.0. The van der Waals surface area contributed by atoms with Gasteiger partial charge in [0.1, 0.15) is 5.60 Å². The number of aliphatic hydroxyl groups is 1. The highest BCUT2D eigenvalue weighted by Crippen LogP contribution is 2.38. The number of likely N-dealkylation sites (tertiary alicyclic amines) is 1. The molecule has 2 aromatic carbocycles. The molecule has 2 aliphatic heterocycles. The van der Waals surface area contributed by atoms with Crippen molar-refractivity contribution >= 4 is 55.8 Å². The van der Waals surface area contributed by atoms with Crippen molar-refractivity contribution in [3.8, 4) is 0 Å². The summed E-state index contributed by atoms with van der Waals surface area (Å²) in [5.74, 6) is -1.10. The molecule has 1 aromatic heterocycles. The van der Waals surface area contributed by atoms with Crippen LogP contribution in [0, 0.1) is 12.7 Å². The molecule has 3 N–H and O–H groups in total. The summed E-state index contributed by atoms with van der Waals surface area (Å²) in [6.45, 7) is 2.92. The van der Waals surface area contributed by atoms with Crippen LogP contribution in [0.25, 0.3) is 11.0 Å². The molecule has 2 saturated heterocycles. The third kappa shape index (κ3) is 4.01. The van der Waals surface area contributed by atoms with Gasteiger partial charge in [0, 0.05) is 15.9 Å². The van der Waals surface area contributed by atoms with E-state index in [2.05, 4.69) is 31.7 Å². The second-order valence-corrected chi connectivity index (χ2v) is 10.1. The van der Waals surface area contributed by atoms with Crippen molar-refractivity contribution in [2.75, 3.05) is 25.0 Å². The van der Waals surface area contributed by atoms with Gasteiger partial charge in [-0.2, -0.15) is 0 Å². The molecule has 174 valence electrons. The average molecular weight is 538 g/mol. The molecule has 0 radical (unpaired) electrons. The number of halogens is 3. The van der Waals surface area contributed by atoms with Crippen molar-refractivity contribution < 1.29 is 18.8 Å². The van der Waals surface area contributed by atoms with E-state index in [9.17, 15) is 9.90 Å². The molecule has 33 heavy (non-hydrogen) atoms. The van der Waals surface area contributed by atoms with Crippen molar-refractivity contribution in [2.45, 2.75) is 37.8 Å². The summed E-state index contributed by atoms with van der Waals surface area (Å²) in [7, 11) is 0. The number of amides is 1. The minimum absolute atomic E-state index is 0.0358. The van der Waals surface area contributed by atoms with E-state index >= 15 is 4.39 Å². The van der Waals surface area contributed by atoms with Crippen molar-refractivity contribution in [3.63, 3.8) is 0 Å². The van der Waals surface area contributed by atoms with Gasteiger partial charge in [-0.05, 0) is 50.6 Å². The molecule has 2 aliphatic rings. The lowest BCUT2D eigenvalue weighted by Crippen LogP contribution is -2.72. The van der Waals surface area contributed by atoms with Crippen LogP contribution in [0.3, 0.4) is 0 Å². The highest BCUT2D eigenvalue weighted by Gasteiger charge is 2.49. The van der Waals surface area contributed by atoms with E-state index in [-0.39, 0.29) is 41.9 Å². The second-order valence-electron chi connectivity index (χ2n) is 8.77. The number of nitrogens with one attached hydrogen (secondary N) is 2. The van der Waals surface area contributed by atoms with Gasteiger partial charge in [-0.3, -0.25) is 4.79 Å². The number of fused-ring (bicyclic) bond motifs is 1. The van der Waals surface area contributed by atoms with E-state index in [0.717, 1.165) is 30.3 Å². The summed E-state index contributed by atoms with van der Waals surface area (Å²) >= 11 is 9.67. The molecule has 3 heterocycles. The first-order valence-corrected chi connectivity index (χ1v) is 12.0. The summed E-state index contributed by atoms with van der Waals surface area (Å²) in [6, 6.07) is 6.66. The fraction of sp³-hybridized carbons (Fsp3) is 0.391. The molecule has 0 bridgehead atoms. The Morgan fingerprint density at radius 3 is 2.88 bits per heavy atom. The topological polar surface area (TPSA) is 90.6 Å². The number of aryl methyl sites for hydroxylation is 1. The summed E-state index contributed by atoms with van der Waals surface area (Å²) in [5.41, 5.74) is -0.00369. The molecule has 3 aromatic rings. The average Bonchev–Trinajstić information content (AvgIpc) is 3.16. The van der Waals surface area contributed by atoms with Gasteiger partial charge in [0.25, 0.3) is 5.91 Å². The number of benzene rings is 2. The third-order valence-corrected chi connectivity index (χ3v) is 7.29. The Bertz CT molecular complexity index is 1240. The number of aromatic nitrogens is 1.